The summed E-state index contributed by atoms with van der Waals surface area (Å²) in [7, 11) is 0. The van der Waals surface area contributed by atoms with E-state index in [4.69, 9.17) is 0 Å². The smallest absolute Gasteiger partial charge is 0.0270 e. The lowest BCUT2D eigenvalue weighted by molar-refractivity contribution is 0.446. The Morgan fingerprint density at radius 1 is 1.40 bits per heavy atom. The summed E-state index contributed by atoms with van der Waals surface area (Å²) in [6.07, 6.45) is 9.06. The quantitative estimate of drug-likeness (QED) is 0.769. The first-order valence-corrected chi connectivity index (χ1v) is 6.02. The molecule has 0 amide bonds. The molecular formula is C13H20N2. The van der Waals surface area contributed by atoms with Crippen molar-refractivity contribution >= 4 is 0 Å². The number of hydrogen-bond donors (Lipinski definition) is 1. The summed E-state index contributed by atoms with van der Waals surface area (Å²) >= 11 is 0. The molecule has 0 aliphatic heterocycles. The van der Waals surface area contributed by atoms with Crippen molar-refractivity contribution in [3.05, 3.63) is 30.1 Å². The van der Waals surface area contributed by atoms with E-state index in [2.05, 4.69) is 29.4 Å². The molecule has 15 heavy (non-hydrogen) atoms. The van der Waals surface area contributed by atoms with Crippen molar-refractivity contribution < 1.29 is 0 Å². The highest BCUT2D eigenvalue weighted by Gasteiger charge is 2.29. The van der Waals surface area contributed by atoms with Crippen molar-refractivity contribution in [2.75, 3.05) is 6.54 Å². The van der Waals surface area contributed by atoms with Crippen LogP contribution in [0.3, 0.4) is 0 Å². The van der Waals surface area contributed by atoms with E-state index >= 15 is 0 Å². The molecule has 1 aromatic heterocycles. The van der Waals surface area contributed by atoms with Crippen LogP contribution in [0, 0.1) is 5.92 Å². The van der Waals surface area contributed by atoms with Crippen LogP contribution in [0.5, 0.6) is 0 Å². The minimum absolute atomic E-state index is 0.739. The molecule has 0 saturated heterocycles. The Labute approximate surface area is 92.1 Å². The van der Waals surface area contributed by atoms with Gasteiger partial charge in [0.25, 0.3) is 0 Å². The molecule has 1 unspecified atom stereocenters. The highest BCUT2D eigenvalue weighted by Crippen LogP contribution is 2.34. The van der Waals surface area contributed by atoms with Gasteiger partial charge in [0, 0.05) is 18.4 Å². The minimum Gasteiger partial charge on any atom is -0.314 e. The Bertz CT molecular complexity index is 280. The second-order valence-corrected chi connectivity index (χ2v) is 4.40. The summed E-state index contributed by atoms with van der Waals surface area (Å²) < 4.78 is 0. The molecule has 2 rings (SSSR count). The molecule has 1 fully saturated rings. The van der Waals surface area contributed by atoms with E-state index in [0.29, 0.717) is 0 Å². The second kappa shape index (κ2) is 5.26. The molecule has 1 aromatic rings. The average Bonchev–Trinajstić information content (AvgIpc) is 3.09. The van der Waals surface area contributed by atoms with Gasteiger partial charge in [-0.05, 0) is 55.8 Å². The Morgan fingerprint density at radius 3 is 2.73 bits per heavy atom. The van der Waals surface area contributed by atoms with Gasteiger partial charge in [-0.2, -0.15) is 0 Å². The van der Waals surface area contributed by atoms with E-state index in [0.717, 1.165) is 18.5 Å². The Morgan fingerprint density at radius 2 is 2.13 bits per heavy atom. The second-order valence-electron chi connectivity index (χ2n) is 4.40. The van der Waals surface area contributed by atoms with E-state index in [-0.39, 0.29) is 0 Å². The van der Waals surface area contributed by atoms with Crippen molar-refractivity contribution in [1.82, 2.24) is 10.3 Å². The minimum atomic E-state index is 0.739. The summed E-state index contributed by atoms with van der Waals surface area (Å²) in [6, 6.07) is 4.98. The molecule has 1 aliphatic carbocycles. The lowest BCUT2D eigenvalue weighted by atomic mass is 10.0. The number of nitrogens with zero attached hydrogens (tertiary/aromatic N) is 1. The molecule has 0 spiro atoms. The first-order chi connectivity index (χ1) is 7.40. The summed E-state index contributed by atoms with van der Waals surface area (Å²) in [5.74, 6) is 0.951. The molecule has 1 heterocycles. The standard InChI is InChI=1S/C13H20N2/c1-2-15-13(12-4-5-12)6-3-11-7-9-14-10-8-11/h7-10,12-13,15H,2-6H2,1H3. The Kier molecular flexibility index (Phi) is 3.73. The van der Waals surface area contributed by atoms with E-state index in [9.17, 15) is 0 Å². The fraction of sp³-hybridized carbons (Fsp3) is 0.615. The van der Waals surface area contributed by atoms with Crippen molar-refractivity contribution in [3.63, 3.8) is 0 Å². The molecular weight excluding hydrogens is 184 g/mol. The Balaban J connectivity index is 1.80. The third kappa shape index (κ3) is 3.31. The Hall–Kier alpha value is -0.890. The van der Waals surface area contributed by atoms with Gasteiger partial charge in [-0.1, -0.05) is 6.92 Å². The van der Waals surface area contributed by atoms with Gasteiger partial charge in [-0.25, -0.2) is 0 Å². The first-order valence-electron chi connectivity index (χ1n) is 6.02. The SMILES string of the molecule is CCNC(CCc1ccncc1)C1CC1. The van der Waals surface area contributed by atoms with Crippen LogP contribution in [0.15, 0.2) is 24.5 Å². The molecule has 1 aliphatic rings. The number of hydrogen-bond acceptors (Lipinski definition) is 2. The number of nitrogens with one attached hydrogen (secondary N) is 1. The predicted octanol–water partition coefficient (Wildman–Crippen LogP) is 2.40. The molecule has 1 atom stereocenters. The highest BCUT2D eigenvalue weighted by atomic mass is 14.9. The maximum atomic E-state index is 4.04. The van der Waals surface area contributed by atoms with E-state index < -0.39 is 0 Å². The molecule has 1 saturated carbocycles. The zero-order chi connectivity index (χ0) is 10.5. The summed E-state index contributed by atoms with van der Waals surface area (Å²) in [5, 5.41) is 3.60. The third-order valence-corrected chi connectivity index (χ3v) is 3.15. The van der Waals surface area contributed by atoms with Crippen molar-refractivity contribution in [1.29, 1.82) is 0 Å². The molecule has 2 nitrogen and oxygen atoms in total. The topological polar surface area (TPSA) is 24.9 Å². The van der Waals surface area contributed by atoms with E-state index in [1.54, 1.807) is 0 Å². The van der Waals surface area contributed by atoms with Crippen molar-refractivity contribution in [2.45, 2.75) is 38.6 Å². The lowest BCUT2D eigenvalue weighted by Crippen LogP contribution is -2.31. The van der Waals surface area contributed by atoms with Crippen LogP contribution in [0.2, 0.25) is 0 Å². The number of aryl methyl sites for hydroxylation is 1. The van der Waals surface area contributed by atoms with Gasteiger partial charge in [0.05, 0.1) is 0 Å². The molecule has 0 radical (unpaired) electrons. The number of aromatic nitrogens is 1. The molecule has 0 bridgehead atoms. The van der Waals surface area contributed by atoms with Gasteiger partial charge in [-0.3, -0.25) is 4.98 Å². The van der Waals surface area contributed by atoms with Crippen LogP contribution in [-0.2, 0) is 6.42 Å². The van der Waals surface area contributed by atoms with E-state index in [1.165, 1.54) is 31.2 Å². The van der Waals surface area contributed by atoms with Crippen molar-refractivity contribution in [2.24, 2.45) is 5.92 Å². The maximum Gasteiger partial charge on any atom is 0.0270 e. The third-order valence-electron chi connectivity index (χ3n) is 3.15. The van der Waals surface area contributed by atoms with Gasteiger partial charge >= 0.3 is 0 Å². The normalized spacial score (nSPS) is 17.7. The summed E-state index contributed by atoms with van der Waals surface area (Å²) in [4.78, 5) is 4.04. The van der Waals surface area contributed by atoms with Crippen LogP contribution in [0.25, 0.3) is 0 Å². The van der Waals surface area contributed by atoms with Crippen LogP contribution in [0.4, 0.5) is 0 Å². The van der Waals surface area contributed by atoms with Crippen LogP contribution >= 0.6 is 0 Å². The van der Waals surface area contributed by atoms with Gasteiger partial charge in [0.15, 0.2) is 0 Å². The fourth-order valence-electron chi connectivity index (χ4n) is 2.14. The maximum absolute atomic E-state index is 4.04. The zero-order valence-corrected chi connectivity index (χ0v) is 9.45. The largest absolute Gasteiger partial charge is 0.314 e. The molecule has 82 valence electrons. The first kappa shape index (κ1) is 10.6. The van der Waals surface area contributed by atoms with Crippen LogP contribution in [0.1, 0.15) is 31.7 Å². The van der Waals surface area contributed by atoms with E-state index in [1.807, 2.05) is 12.4 Å². The summed E-state index contributed by atoms with van der Waals surface area (Å²) in [6.45, 7) is 3.29. The molecule has 2 heteroatoms. The fourth-order valence-corrected chi connectivity index (χ4v) is 2.14. The average molecular weight is 204 g/mol. The van der Waals surface area contributed by atoms with Crippen molar-refractivity contribution in [3.8, 4) is 0 Å². The van der Waals surface area contributed by atoms with Crippen LogP contribution in [-0.4, -0.2) is 17.6 Å². The summed E-state index contributed by atoms with van der Waals surface area (Å²) in [5.41, 5.74) is 1.41. The lowest BCUT2D eigenvalue weighted by Gasteiger charge is -2.16. The van der Waals surface area contributed by atoms with Gasteiger partial charge in [0.2, 0.25) is 0 Å². The molecule has 0 aromatic carbocycles. The van der Waals surface area contributed by atoms with Gasteiger partial charge < -0.3 is 5.32 Å². The van der Waals surface area contributed by atoms with Crippen LogP contribution < -0.4 is 5.32 Å². The van der Waals surface area contributed by atoms with Gasteiger partial charge in [-0.15, -0.1) is 0 Å². The predicted molar refractivity (Wildman–Crippen MR) is 62.7 cm³/mol. The highest BCUT2D eigenvalue weighted by molar-refractivity contribution is 5.10. The number of rotatable bonds is 6. The number of pyridine rings is 1. The van der Waals surface area contributed by atoms with Gasteiger partial charge in [0.1, 0.15) is 0 Å². The monoisotopic (exact) mass is 204 g/mol. The zero-order valence-electron chi connectivity index (χ0n) is 9.45. The molecule has 1 N–H and O–H groups in total.